The van der Waals surface area contributed by atoms with Crippen molar-refractivity contribution < 1.29 is 14.3 Å². The zero-order valence-corrected chi connectivity index (χ0v) is 20.6. The van der Waals surface area contributed by atoms with E-state index in [1.165, 1.54) is 11.1 Å². The molecule has 7 nitrogen and oxygen atoms in total. The quantitative estimate of drug-likeness (QED) is 0.336. The second-order valence-electron chi connectivity index (χ2n) is 7.19. The number of amides is 1. The first-order chi connectivity index (χ1) is 14.6. The number of nitrogens with zero attached hydrogens (tertiary/aromatic N) is 2. The molecule has 0 saturated carbocycles. The van der Waals surface area contributed by atoms with Gasteiger partial charge in [0.1, 0.15) is 11.9 Å². The van der Waals surface area contributed by atoms with Crippen molar-refractivity contribution in [2.75, 3.05) is 40.4 Å². The Bertz CT molecular complexity index is 873. The van der Waals surface area contributed by atoms with E-state index >= 15 is 0 Å². The molecule has 0 spiro atoms. The van der Waals surface area contributed by atoms with Crippen LogP contribution in [0.3, 0.4) is 0 Å². The Balaban J connectivity index is 0.00000341. The Kier molecular flexibility index (Phi) is 10.1. The molecule has 1 heterocycles. The zero-order valence-electron chi connectivity index (χ0n) is 18.3. The molecule has 3 rings (SSSR count). The maximum atomic E-state index is 12.3. The topological polar surface area (TPSA) is 75.2 Å². The highest BCUT2D eigenvalue weighted by Crippen LogP contribution is 2.24. The van der Waals surface area contributed by atoms with Crippen LogP contribution in [-0.2, 0) is 16.1 Å². The molecule has 1 fully saturated rings. The molecule has 2 N–H and O–H groups in total. The van der Waals surface area contributed by atoms with Crippen LogP contribution in [0.1, 0.15) is 22.8 Å². The van der Waals surface area contributed by atoms with Crippen LogP contribution in [0.15, 0.2) is 53.5 Å². The van der Waals surface area contributed by atoms with Gasteiger partial charge in [-0.15, -0.1) is 24.0 Å². The summed E-state index contributed by atoms with van der Waals surface area (Å²) in [6.07, 6.45) is -0.0117. The van der Waals surface area contributed by atoms with E-state index in [1.807, 2.05) is 36.4 Å². The number of halogens is 1. The summed E-state index contributed by atoms with van der Waals surface area (Å²) in [5.41, 5.74) is 3.42. The minimum Gasteiger partial charge on any atom is -0.497 e. The molecule has 0 radical (unpaired) electrons. The molecule has 1 unspecified atom stereocenters. The molecule has 0 aromatic heterocycles. The summed E-state index contributed by atoms with van der Waals surface area (Å²) in [7, 11) is 3.36. The molecule has 1 aliphatic rings. The van der Waals surface area contributed by atoms with E-state index in [9.17, 15) is 4.79 Å². The van der Waals surface area contributed by atoms with E-state index in [2.05, 4.69) is 39.6 Å². The number of aliphatic imine (C=N–C) groups is 1. The highest BCUT2D eigenvalue weighted by Gasteiger charge is 2.25. The normalized spacial score (nSPS) is 16.3. The van der Waals surface area contributed by atoms with Crippen molar-refractivity contribution >= 4 is 35.8 Å². The van der Waals surface area contributed by atoms with Crippen molar-refractivity contribution in [1.82, 2.24) is 15.5 Å². The fraction of sp³-hybridized carbons (Fsp3) is 0.391. The summed E-state index contributed by atoms with van der Waals surface area (Å²) in [6.45, 7) is 4.76. The van der Waals surface area contributed by atoms with Crippen molar-refractivity contribution in [3.05, 3.63) is 65.2 Å². The number of carbonyl (C=O) groups excluding carboxylic acids is 1. The van der Waals surface area contributed by atoms with Crippen molar-refractivity contribution in [3.63, 3.8) is 0 Å². The van der Waals surface area contributed by atoms with E-state index in [4.69, 9.17) is 9.47 Å². The Morgan fingerprint density at radius 1 is 1.19 bits per heavy atom. The van der Waals surface area contributed by atoms with Crippen LogP contribution in [-0.4, -0.2) is 57.2 Å². The first kappa shape index (κ1) is 24.9. The lowest BCUT2D eigenvalue weighted by Crippen LogP contribution is -2.50. The first-order valence-corrected chi connectivity index (χ1v) is 10.1. The van der Waals surface area contributed by atoms with E-state index in [0.29, 0.717) is 25.7 Å². The van der Waals surface area contributed by atoms with Crippen LogP contribution in [0, 0.1) is 6.92 Å². The van der Waals surface area contributed by atoms with Gasteiger partial charge >= 0.3 is 0 Å². The second-order valence-corrected chi connectivity index (χ2v) is 7.19. The number of guanidine groups is 1. The standard InChI is InChI=1S/C23H30N4O3.HI/c1-17-6-4-5-7-20(17)21-16-27(12-13-30-21)23(24-2)26-15-22(28)25-14-18-8-10-19(29-3)11-9-18;/h4-11,21H,12-16H2,1-3H3,(H,24,26)(H,25,28);1H. The summed E-state index contributed by atoms with van der Waals surface area (Å²) in [5, 5.41) is 6.09. The molecule has 1 saturated heterocycles. The number of hydrogen-bond donors (Lipinski definition) is 2. The number of ether oxygens (including phenoxy) is 2. The molecular formula is C23H31IN4O3. The van der Waals surface area contributed by atoms with Crippen LogP contribution >= 0.6 is 24.0 Å². The van der Waals surface area contributed by atoms with Crippen molar-refractivity contribution in [2.45, 2.75) is 19.6 Å². The summed E-state index contributed by atoms with van der Waals surface area (Å²) >= 11 is 0. The van der Waals surface area contributed by atoms with Crippen LogP contribution in [0.4, 0.5) is 0 Å². The third-order valence-corrected chi connectivity index (χ3v) is 5.17. The predicted octanol–water partition coefficient (Wildman–Crippen LogP) is 2.89. The summed E-state index contributed by atoms with van der Waals surface area (Å²) < 4.78 is 11.1. The largest absolute Gasteiger partial charge is 0.497 e. The van der Waals surface area contributed by atoms with E-state index in [1.54, 1.807) is 14.2 Å². The van der Waals surface area contributed by atoms with Crippen molar-refractivity contribution in [3.8, 4) is 5.75 Å². The van der Waals surface area contributed by atoms with Crippen LogP contribution in [0.5, 0.6) is 5.75 Å². The molecule has 1 atom stereocenters. The molecular weight excluding hydrogens is 507 g/mol. The maximum absolute atomic E-state index is 12.3. The Morgan fingerprint density at radius 2 is 1.94 bits per heavy atom. The van der Waals surface area contributed by atoms with Crippen LogP contribution in [0.2, 0.25) is 0 Å². The predicted molar refractivity (Wildman–Crippen MR) is 133 cm³/mol. The van der Waals surface area contributed by atoms with E-state index < -0.39 is 0 Å². The third kappa shape index (κ3) is 7.10. The molecule has 1 aliphatic heterocycles. The molecule has 168 valence electrons. The highest BCUT2D eigenvalue weighted by molar-refractivity contribution is 14.0. The fourth-order valence-electron chi connectivity index (χ4n) is 3.48. The van der Waals surface area contributed by atoms with Gasteiger partial charge in [0, 0.05) is 20.1 Å². The van der Waals surface area contributed by atoms with Crippen molar-refractivity contribution in [1.29, 1.82) is 0 Å². The van der Waals surface area contributed by atoms with Gasteiger partial charge in [-0.25, -0.2) is 0 Å². The first-order valence-electron chi connectivity index (χ1n) is 10.1. The minimum absolute atomic E-state index is 0. The Morgan fingerprint density at radius 3 is 2.61 bits per heavy atom. The van der Waals surface area contributed by atoms with Gasteiger partial charge < -0.3 is 25.0 Å². The number of hydrogen-bond acceptors (Lipinski definition) is 4. The maximum Gasteiger partial charge on any atom is 0.239 e. The number of aryl methyl sites for hydroxylation is 1. The average Bonchev–Trinajstić information content (AvgIpc) is 2.79. The van der Waals surface area contributed by atoms with Gasteiger partial charge in [-0.3, -0.25) is 9.79 Å². The highest BCUT2D eigenvalue weighted by atomic mass is 127. The van der Waals surface area contributed by atoms with Crippen molar-refractivity contribution in [2.24, 2.45) is 4.99 Å². The second kappa shape index (κ2) is 12.5. The van der Waals surface area contributed by atoms with Crippen LogP contribution in [0.25, 0.3) is 0 Å². The Labute approximate surface area is 201 Å². The number of morpholine rings is 1. The van der Waals surface area contributed by atoms with Gasteiger partial charge in [0.05, 0.1) is 26.8 Å². The van der Waals surface area contributed by atoms with Gasteiger partial charge in [0.15, 0.2) is 5.96 Å². The van der Waals surface area contributed by atoms with Gasteiger partial charge in [0.25, 0.3) is 0 Å². The molecule has 1 amide bonds. The van der Waals surface area contributed by atoms with Gasteiger partial charge in [-0.1, -0.05) is 36.4 Å². The van der Waals surface area contributed by atoms with Gasteiger partial charge in [-0.05, 0) is 35.7 Å². The molecule has 2 aromatic carbocycles. The van der Waals surface area contributed by atoms with Gasteiger partial charge in [0.2, 0.25) is 5.91 Å². The zero-order chi connectivity index (χ0) is 21.3. The van der Waals surface area contributed by atoms with Crippen LogP contribution < -0.4 is 15.4 Å². The number of carbonyl (C=O) groups is 1. The summed E-state index contributed by atoms with van der Waals surface area (Å²) in [4.78, 5) is 18.8. The molecule has 31 heavy (non-hydrogen) atoms. The average molecular weight is 538 g/mol. The molecule has 8 heteroatoms. The number of nitrogens with one attached hydrogen (secondary N) is 2. The lowest BCUT2D eigenvalue weighted by molar-refractivity contribution is -0.120. The number of rotatable bonds is 6. The fourth-order valence-corrected chi connectivity index (χ4v) is 3.48. The smallest absolute Gasteiger partial charge is 0.239 e. The lowest BCUT2D eigenvalue weighted by Gasteiger charge is -2.35. The molecule has 0 aliphatic carbocycles. The van der Waals surface area contributed by atoms with E-state index in [-0.39, 0.29) is 42.5 Å². The van der Waals surface area contributed by atoms with E-state index in [0.717, 1.165) is 17.9 Å². The summed E-state index contributed by atoms with van der Waals surface area (Å²) in [5.74, 6) is 1.41. The summed E-state index contributed by atoms with van der Waals surface area (Å²) in [6, 6.07) is 15.9. The Hall–Kier alpha value is -2.33. The van der Waals surface area contributed by atoms with Gasteiger partial charge in [-0.2, -0.15) is 0 Å². The number of methoxy groups -OCH3 is 1. The monoisotopic (exact) mass is 538 g/mol. The molecule has 2 aromatic rings. The molecule has 0 bridgehead atoms. The minimum atomic E-state index is -0.0873. The SMILES string of the molecule is CN=C(NCC(=O)NCc1ccc(OC)cc1)N1CCOC(c2ccccc2C)C1.I. The number of benzene rings is 2. The third-order valence-electron chi connectivity index (χ3n) is 5.17. The lowest BCUT2D eigenvalue weighted by atomic mass is 10.0.